The normalized spacial score (nSPS) is 29.7. The van der Waals surface area contributed by atoms with Crippen LogP contribution in [0.3, 0.4) is 0 Å². The molecule has 33 heavy (non-hydrogen) atoms. The predicted molar refractivity (Wildman–Crippen MR) is 106 cm³/mol. The van der Waals surface area contributed by atoms with E-state index in [1.165, 1.54) is 17.8 Å². The summed E-state index contributed by atoms with van der Waals surface area (Å²) < 4.78 is 47.9. The zero-order valence-electron chi connectivity index (χ0n) is 16.5. The zero-order chi connectivity index (χ0) is 25.0. The van der Waals surface area contributed by atoms with Gasteiger partial charge in [-0.25, -0.2) is 18.4 Å². The summed E-state index contributed by atoms with van der Waals surface area (Å²) >= 11 is 0. The van der Waals surface area contributed by atoms with Crippen LogP contribution < -0.4 is 11.3 Å². The number of nitrogens with one attached hydrogen (secondary N) is 1. The third-order valence-electron chi connectivity index (χ3n) is 4.76. The van der Waals surface area contributed by atoms with Crippen LogP contribution in [0.2, 0.25) is 0 Å². The number of H-pyrrole nitrogens is 1. The molecule has 186 valence electrons. The minimum Gasteiger partial charge on any atom is -0.387 e. The van der Waals surface area contributed by atoms with Crippen molar-refractivity contribution in [3.63, 3.8) is 0 Å². The molecule has 1 aliphatic rings. The molecule has 2 heterocycles. The van der Waals surface area contributed by atoms with E-state index in [2.05, 4.69) is 23.6 Å². The molecular weight excluding hydrogens is 515 g/mol. The van der Waals surface area contributed by atoms with E-state index in [-0.39, 0.29) is 23.5 Å². The van der Waals surface area contributed by atoms with E-state index < -0.39 is 59.0 Å². The van der Waals surface area contributed by atoms with Crippen LogP contribution in [0.15, 0.2) is 11.1 Å². The molecule has 0 bridgehead atoms. The second-order valence-corrected chi connectivity index (χ2v) is 12.0. The molecule has 3 rings (SSSR count). The highest BCUT2D eigenvalue weighted by Gasteiger charge is 2.53. The van der Waals surface area contributed by atoms with Crippen molar-refractivity contribution in [1.29, 1.82) is 0 Å². The maximum atomic E-state index is 12.0. The fourth-order valence-corrected chi connectivity index (χ4v) is 6.73. The van der Waals surface area contributed by atoms with Crippen molar-refractivity contribution in [1.82, 2.24) is 19.5 Å². The monoisotopic (exact) mass is 535 g/mol. The molecule has 1 saturated carbocycles. The highest BCUT2D eigenvalue weighted by molar-refractivity contribution is 7.68. The molecule has 18 nitrogen and oxygen atoms in total. The molecule has 2 unspecified atom stereocenters. The van der Waals surface area contributed by atoms with Crippen LogP contribution in [0.4, 0.5) is 5.95 Å². The molecule has 2 aromatic rings. The third kappa shape index (κ3) is 5.77. The molecule has 2 aromatic heterocycles. The molecule has 9 N–H and O–H groups in total. The smallest absolute Gasteiger partial charge is 0.387 e. The maximum absolute atomic E-state index is 12.0. The summed E-state index contributed by atoms with van der Waals surface area (Å²) in [5.74, 6) is -0.232. The lowest BCUT2D eigenvalue weighted by atomic mass is 9.98. The Balaban J connectivity index is 1.78. The summed E-state index contributed by atoms with van der Waals surface area (Å²) in [5.41, 5.74) is 2.84. The molecule has 0 amide bonds. The van der Waals surface area contributed by atoms with Crippen molar-refractivity contribution in [3.8, 4) is 0 Å². The Morgan fingerprint density at radius 3 is 2.52 bits per heavy atom. The van der Waals surface area contributed by atoms with Gasteiger partial charge in [0.05, 0.1) is 18.5 Å². The first kappa shape index (κ1) is 26.1. The van der Waals surface area contributed by atoms with Crippen molar-refractivity contribution in [2.75, 3.05) is 12.1 Å². The van der Waals surface area contributed by atoms with Crippen LogP contribution in [0.1, 0.15) is 19.4 Å². The first-order valence-electron chi connectivity index (χ1n) is 8.79. The number of nitrogens with zero attached hydrogens (tertiary/aromatic N) is 3. The Hall–Kier alpha value is -1.52. The number of nitrogens with two attached hydrogens (primary N) is 1. The number of aromatic nitrogens is 4. The van der Waals surface area contributed by atoms with Crippen LogP contribution >= 0.6 is 23.2 Å². The van der Waals surface area contributed by atoms with Gasteiger partial charge < -0.3 is 44.8 Å². The topological polar surface area (TPSA) is 290 Å². The summed E-state index contributed by atoms with van der Waals surface area (Å²) in [6, 6.07) is -1.02. The van der Waals surface area contributed by atoms with Gasteiger partial charge in [0, 0.05) is 0 Å². The van der Waals surface area contributed by atoms with E-state index in [9.17, 15) is 38.5 Å². The average Bonchev–Trinajstić information content (AvgIpc) is 3.10. The van der Waals surface area contributed by atoms with E-state index in [1.54, 1.807) is 0 Å². The van der Waals surface area contributed by atoms with Gasteiger partial charge in [0.2, 0.25) is 5.95 Å². The first-order chi connectivity index (χ1) is 14.9. The SMILES string of the molecule is C[C@@]1(O)[C@H](O)[C@@H](OCP(=O)(O)OP(=O)(O)OP(=O)(O)O)C[C@H]1n1cnc2c(=O)[nH]c(N)nc21. The lowest BCUT2D eigenvalue weighted by Gasteiger charge is -2.29. The van der Waals surface area contributed by atoms with Gasteiger partial charge in [0.15, 0.2) is 11.2 Å². The minimum absolute atomic E-state index is 0.0126. The first-order valence-corrected chi connectivity index (χ1v) is 13.6. The number of phosphoric acid groups is 2. The molecule has 0 aromatic carbocycles. The number of ether oxygens (including phenoxy) is 1. The van der Waals surface area contributed by atoms with E-state index in [0.717, 1.165) is 0 Å². The largest absolute Gasteiger partial charge is 0.488 e. The number of aliphatic hydroxyl groups is 2. The average molecular weight is 535 g/mol. The summed E-state index contributed by atoms with van der Waals surface area (Å²) in [7, 11) is -16.3. The van der Waals surface area contributed by atoms with Crippen LogP contribution in [-0.2, 0) is 27.1 Å². The zero-order valence-corrected chi connectivity index (χ0v) is 19.2. The summed E-state index contributed by atoms with van der Waals surface area (Å²) in [4.78, 5) is 58.1. The van der Waals surface area contributed by atoms with Crippen molar-refractivity contribution in [2.45, 2.75) is 37.2 Å². The van der Waals surface area contributed by atoms with Crippen LogP contribution in [0, 0.1) is 0 Å². The number of nitrogen functional groups attached to an aromatic ring is 1. The van der Waals surface area contributed by atoms with Crippen LogP contribution in [0.25, 0.3) is 11.2 Å². The lowest BCUT2D eigenvalue weighted by Crippen LogP contribution is -2.44. The van der Waals surface area contributed by atoms with Gasteiger partial charge in [-0.3, -0.25) is 14.3 Å². The summed E-state index contributed by atoms with van der Waals surface area (Å²) in [6.07, 6.45) is -3.38. The Morgan fingerprint density at radius 2 is 1.91 bits per heavy atom. The Bertz CT molecular complexity index is 1250. The molecule has 1 fully saturated rings. The lowest BCUT2D eigenvalue weighted by molar-refractivity contribution is -0.0994. The standard InChI is InChI=1S/C12H20N5O13P3/c1-12(20)6(17-3-14-7-9(17)15-11(13)16-10(7)19)2-5(8(12)18)28-4-31(21,22)29-33(26,27)30-32(23,24)25/h3,5-6,8,18,20H,2,4H2,1H3,(H,21,22)(H,26,27)(H2,23,24,25)(H3,13,15,16,19)/t5-,6+,8+,12-/m0/s1. The maximum Gasteiger partial charge on any atom is 0.488 e. The molecular formula is C12H20N5O13P3. The number of imidazole rings is 1. The number of aromatic amines is 1. The Kier molecular flexibility index (Phi) is 6.80. The second-order valence-electron chi connectivity index (χ2n) is 7.29. The van der Waals surface area contributed by atoms with Gasteiger partial charge in [-0.15, -0.1) is 0 Å². The molecule has 0 saturated heterocycles. The van der Waals surface area contributed by atoms with Crippen LogP contribution in [-0.4, -0.2) is 73.5 Å². The predicted octanol–water partition coefficient (Wildman–Crippen LogP) is -1.49. The van der Waals surface area contributed by atoms with E-state index in [4.69, 9.17) is 20.3 Å². The van der Waals surface area contributed by atoms with Gasteiger partial charge >= 0.3 is 23.2 Å². The van der Waals surface area contributed by atoms with Gasteiger partial charge in [-0.2, -0.15) is 9.29 Å². The second kappa shape index (κ2) is 8.61. The van der Waals surface area contributed by atoms with Gasteiger partial charge in [-0.05, 0) is 13.3 Å². The van der Waals surface area contributed by atoms with Crippen molar-refractivity contribution in [3.05, 3.63) is 16.7 Å². The molecule has 0 aliphatic heterocycles. The third-order valence-corrected chi connectivity index (χ3v) is 8.76. The van der Waals surface area contributed by atoms with E-state index >= 15 is 0 Å². The number of anilines is 1. The number of fused-ring (bicyclic) bond motifs is 1. The van der Waals surface area contributed by atoms with Crippen molar-refractivity contribution >= 4 is 40.4 Å². The number of hydrogen-bond donors (Lipinski definition) is 8. The fraction of sp³-hybridized carbons (Fsp3) is 0.583. The van der Waals surface area contributed by atoms with Crippen molar-refractivity contribution < 1.29 is 56.8 Å². The van der Waals surface area contributed by atoms with Crippen LogP contribution in [0.5, 0.6) is 0 Å². The molecule has 21 heteroatoms. The Morgan fingerprint density at radius 1 is 1.27 bits per heavy atom. The van der Waals surface area contributed by atoms with E-state index in [1.807, 2.05) is 0 Å². The van der Waals surface area contributed by atoms with Gasteiger partial charge in [0.25, 0.3) is 5.56 Å². The van der Waals surface area contributed by atoms with Gasteiger partial charge in [-0.1, -0.05) is 0 Å². The fourth-order valence-electron chi connectivity index (χ4n) is 3.41. The molecule has 1 aliphatic carbocycles. The molecule has 0 spiro atoms. The number of hydrogen-bond acceptors (Lipinski definition) is 12. The van der Waals surface area contributed by atoms with Gasteiger partial charge in [0.1, 0.15) is 18.1 Å². The summed E-state index contributed by atoms with van der Waals surface area (Å²) in [6.45, 7) is 1.22. The molecule has 0 radical (unpaired) electrons. The number of aliphatic hydroxyl groups excluding tert-OH is 1. The number of rotatable bonds is 8. The highest BCUT2D eigenvalue weighted by Crippen LogP contribution is 2.66. The molecule has 6 atom stereocenters. The summed E-state index contributed by atoms with van der Waals surface area (Å²) in [5, 5.41) is 21.3. The van der Waals surface area contributed by atoms with E-state index in [0.29, 0.717) is 0 Å². The van der Waals surface area contributed by atoms with Crippen molar-refractivity contribution in [2.24, 2.45) is 0 Å². The highest BCUT2D eigenvalue weighted by atomic mass is 31.3. The minimum atomic E-state index is -5.66. The Labute approximate surface area is 183 Å². The quantitative estimate of drug-likeness (QED) is 0.179.